The van der Waals surface area contributed by atoms with Gasteiger partial charge in [0.05, 0.1) is 5.92 Å². The van der Waals surface area contributed by atoms with Gasteiger partial charge in [0.15, 0.2) is 0 Å². The second-order valence-electron chi connectivity index (χ2n) is 7.15. The van der Waals surface area contributed by atoms with Crippen molar-refractivity contribution in [2.24, 2.45) is 0 Å². The Labute approximate surface area is 157 Å². The van der Waals surface area contributed by atoms with E-state index in [1.165, 1.54) is 0 Å². The SMILES string of the molecule is CC(C)n1cc(-c2cncc(C3C(=O)N(C)c4ccccc43)c2)ccc1=O. The maximum Gasteiger partial charge on any atom is 0.250 e. The van der Waals surface area contributed by atoms with Crippen LogP contribution < -0.4 is 10.5 Å². The molecule has 3 heterocycles. The minimum Gasteiger partial charge on any atom is -0.314 e. The Hall–Kier alpha value is -3.21. The zero-order chi connectivity index (χ0) is 19.1. The average Bonchev–Trinajstić information content (AvgIpc) is 2.93. The van der Waals surface area contributed by atoms with Crippen LogP contribution in [-0.2, 0) is 4.79 Å². The van der Waals surface area contributed by atoms with Gasteiger partial charge in [-0.15, -0.1) is 0 Å². The summed E-state index contributed by atoms with van der Waals surface area (Å²) in [6.07, 6.45) is 5.37. The number of benzene rings is 1. The lowest BCUT2D eigenvalue weighted by Gasteiger charge is -2.14. The first-order chi connectivity index (χ1) is 13.0. The van der Waals surface area contributed by atoms with Gasteiger partial charge in [-0.05, 0) is 48.7 Å². The molecule has 0 saturated carbocycles. The normalized spacial score (nSPS) is 16.1. The highest BCUT2D eigenvalue weighted by atomic mass is 16.2. The summed E-state index contributed by atoms with van der Waals surface area (Å²) in [5, 5.41) is 0. The monoisotopic (exact) mass is 359 g/mol. The van der Waals surface area contributed by atoms with Crippen LogP contribution in [0.1, 0.15) is 36.9 Å². The van der Waals surface area contributed by atoms with Crippen molar-refractivity contribution in [3.8, 4) is 11.1 Å². The Kier molecular flexibility index (Phi) is 4.15. The number of pyridine rings is 2. The number of rotatable bonds is 3. The Bertz CT molecular complexity index is 1080. The number of amides is 1. The lowest BCUT2D eigenvalue weighted by Crippen LogP contribution is -2.24. The van der Waals surface area contributed by atoms with Crippen molar-refractivity contribution in [2.45, 2.75) is 25.8 Å². The molecule has 27 heavy (non-hydrogen) atoms. The van der Waals surface area contributed by atoms with Crippen LogP contribution in [-0.4, -0.2) is 22.5 Å². The van der Waals surface area contributed by atoms with Gasteiger partial charge in [0.1, 0.15) is 0 Å². The van der Waals surface area contributed by atoms with E-state index in [4.69, 9.17) is 0 Å². The summed E-state index contributed by atoms with van der Waals surface area (Å²) in [5.74, 6) is -0.308. The molecule has 1 aliphatic heterocycles. The Morgan fingerprint density at radius 1 is 1.00 bits per heavy atom. The summed E-state index contributed by atoms with van der Waals surface area (Å²) in [6.45, 7) is 3.95. The van der Waals surface area contributed by atoms with Crippen LogP contribution in [0.15, 0.2) is 65.8 Å². The van der Waals surface area contributed by atoms with Crippen molar-refractivity contribution in [3.05, 3.63) is 82.5 Å². The minimum atomic E-state index is -0.352. The van der Waals surface area contributed by atoms with Gasteiger partial charge in [0.25, 0.3) is 5.56 Å². The van der Waals surface area contributed by atoms with Crippen molar-refractivity contribution < 1.29 is 4.79 Å². The molecule has 0 aliphatic carbocycles. The molecular weight excluding hydrogens is 338 g/mol. The van der Waals surface area contributed by atoms with Gasteiger partial charge in [0.2, 0.25) is 5.91 Å². The lowest BCUT2D eigenvalue weighted by atomic mass is 9.92. The molecule has 0 radical (unpaired) electrons. The van der Waals surface area contributed by atoms with Gasteiger partial charge >= 0.3 is 0 Å². The molecular formula is C22H21N3O2. The fourth-order valence-corrected chi connectivity index (χ4v) is 3.66. The summed E-state index contributed by atoms with van der Waals surface area (Å²) in [4.78, 5) is 31.0. The predicted molar refractivity (Wildman–Crippen MR) is 106 cm³/mol. The number of fused-ring (bicyclic) bond motifs is 1. The molecule has 1 unspecified atom stereocenters. The van der Waals surface area contributed by atoms with E-state index < -0.39 is 0 Å². The second-order valence-corrected chi connectivity index (χ2v) is 7.15. The smallest absolute Gasteiger partial charge is 0.250 e. The highest BCUT2D eigenvalue weighted by Gasteiger charge is 2.36. The summed E-state index contributed by atoms with van der Waals surface area (Å²) in [6, 6.07) is 13.3. The molecule has 0 bridgehead atoms. The fraction of sp³-hybridized carbons (Fsp3) is 0.227. The van der Waals surface area contributed by atoms with E-state index in [0.29, 0.717) is 0 Å². The highest BCUT2D eigenvalue weighted by Crippen LogP contribution is 2.40. The number of anilines is 1. The van der Waals surface area contributed by atoms with Gasteiger partial charge in [-0.3, -0.25) is 14.6 Å². The van der Waals surface area contributed by atoms with Crippen LogP contribution in [0.25, 0.3) is 11.1 Å². The average molecular weight is 359 g/mol. The molecule has 0 N–H and O–H groups in total. The van der Waals surface area contributed by atoms with Crippen molar-refractivity contribution in [1.82, 2.24) is 9.55 Å². The van der Waals surface area contributed by atoms with Gasteiger partial charge in [-0.1, -0.05) is 18.2 Å². The van der Waals surface area contributed by atoms with Crippen LogP contribution >= 0.6 is 0 Å². The molecule has 5 nitrogen and oxygen atoms in total. The van der Waals surface area contributed by atoms with Crippen LogP contribution in [0.2, 0.25) is 0 Å². The number of likely N-dealkylation sites (N-methyl/N-ethyl adjacent to an activating group) is 1. The van der Waals surface area contributed by atoms with Gasteiger partial charge in [0, 0.05) is 49.0 Å². The van der Waals surface area contributed by atoms with E-state index in [-0.39, 0.29) is 23.4 Å². The number of nitrogens with zero attached hydrogens (tertiary/aromatic N) is 3. The molecule has 3 aromatic rings. The highest BCUT2D eigenvalue weighted by molar-refractivity contribution is 6.06. The standard InChI is InChI=1S/C22H21N3O2/c1-14(2)25-13-15(8-9-20(25)26)16-10-17(12-23-11-16)21-18-6-4-5-7-19(18)24(3)22(21)27/h4-14,21H,1-3H3. The first kappa shape index (κ1) is 17.2. The molecule has 0 fully saturated rings. The van der Waals surface area contributed by atoms with E-state index in [2.05, 4.69) is 4.98 Å². The fourth-order valence-electron chi connectivity index (χ4n) is 3.66. The van der Waals surface area contributed by atoms with E-state index >= 15 is 0 Å². The summed E-state index contributed by atoms with van der Waals surface area (Å²) in [5.41, 5.74) is 4.56. The van der Waals surface area contributed by atoms with Crippen molar-refractivity contribution in [2.75, 3.05) is 11.9 Å². The number of para-hydroxylation sites is 1. The zero-order valence-corrected chi connectivity index (χ0v) is 15.6. The van der Waals surface area contributed by atoms with Crippen LogP contribution in [0.4, 0.5) is 5.69 Å². The molecule has 1 atom stereocenters. The topological polar surface area (TPSA) is 55.2 Å². The van der Waals surface area contributed by atoms with E-state index in [1.54, 1.807) is 41.0 Å². The number of hydrogen-bond acceptors (Lipinski definition) is 3. The maximum absolute atomic E-state index is 12.9. The van der Waals surface area contributed by atoms with Crippen LogP contribution in [0.3, 0.4) is 0 Å². The summed E-state index contributed by atoms with van der Waals surface area (Å²) >= 11 is 0. The third-order valence-corrected chi connectivity index (χ3v) is 5.11. The quantitative estimate of drug-likeness (QED) is 0.718. The third kappa shape index (κ3) is 2.85. The lowest BCUT2D eigenvalue weighted by molar-refractivity contribution is -0.118. The predicted octanol–water partition coefficient (Wildman–Crippen LogP) is 3.60. The maximum atomic E-state index is 12.9. The molecule has 1 aromatic carbocycles. The van der Waals surface area contributed by atoms with Gasteiger partial charge in [-0.25, -0.2) is 0 Å². The van der Waals surface area contributed by atoms with Crippen molar-refractivity contribution in [1.29, 1.82) is 0 Å². The van der Waals surface area contributed by atoms with E-state index in [0.717, 1.165) is 27.9 Å². The van der Waals surface area contributed by atoms with E-state index in [1.807, 2.05) is 50.4 Å². The largest absolute Gasteiger partial charge is 0.314 e. The second kappa shape index (κ2) is 6.50. The molecule has 2 aromatic heterocycles. The van der Waals surface area contributed by atoms with Crippen molar-refractivity contribution in [3.63, 3.8) is 0 Å². The summed E-state index contributed by atoms with van der Waals surface area (Å²) in [7, 11) is 1.80. The minimum absolute atomic E-state index is 0.0283. The summed E-state index contributed by atoms with van der Waals surface area (Å²) < 4.78 is 1.70. The van der Waals surface area contributed by atoms with Gasteiger partial charge in [-0.2, -0.15) is 0 Å². The van der Waals surface area contributed by atoms with E-state index in [9.17, 15) is 9.59 Å². The zero-order valence-electron chi connectivity index (χ0n) is 15.6. The van der Waals surface area contributed by atoms with Gasteiger partial charge < -0.3 is 9.47 Å². The first-order valence-electron chi connectivity index (χ1n) is 9.01. The Balaban J connectivity index is 1.80. The van der Waals surface area contributed by atoms with Crippen LogP contribution in [0, 0.1) is 0 Å². The first-order valence-corrected chi connectivity index (χ1v) is 9.01. The Morgan fingerprint density at radius 3 is 2.56 bits per heavy atom. The molecule has 0 spiro atoms. The molecule has 5 heteroatoms. The van der Waals surface area contributed by atoms with Crippen molar-refractivity contribution >= 4 is 11.6 Å². The number of carbonyl (C=O) groups is 1. The van der Waals surface area contributed by atoms with Crippen LogP contribution in [0.5, 0.6) is 0 Å². The Morgan fingerprint density at radius 2 is 1.78 bits per heavy atom. The molecule has 4 rings (SSSR count). The number of aromatic nitrogens is 2. The third-order valence-electron chi connectivity index (χ3n) is 5.11. The number of hydrogen-bond donors (Lipinski definition) is 0. The molecule has 1 aliphatic rings. The molecule has 0 saturated heterocycles. The molecule has 136 valence electrons. The molecule has 1 amide bonds. The number of carbonyl (C=O) groups excluding carboxylic acids is 1.